The molecule has 0 spiro atoms. The molecule has 1 aromatic carbocycles. The minimum absolute atomic E-state index is 0.171. The Morgan fingerprint density at radius 2 is 1.84 bits per heavy atom. The summed E-state index contributed by atoms with van der Waals surface area (Å²) in [6.07, 6.45) is -0.727. The summed E-state index contributed by atoms with van der Waals surface area (Å²) in [5.74, 6) is 1.22. The van der Waals surface area contributed by atoms with Gasteiger partial charge in [0.1, 0.15) is 5.82 Å². The first kappa shape index (κ1) is 16.4. The Hall–Kier alpha value is -2.05. The van der Waals surface area contributed by atoms with Crippen LogP contribution in [0, 0.1) is 12.8 Å². The van der Waals surface area contributed by atoms with Gasteiger partial charge in [-0.3, -0.25) is 4.79 Å². The van der Waals surface area contributed by atoms with E-state index in [0.717, 1.165) is 49.2 Å². The fraction of sp³-hybridized carbons (Fsp3) is 0.556. The van der Waals surface area contributed by atoms with Crippen LogP contribution in [0.2, 0.25) is 0 Å². The summed E-state index contributed by atoms with van der Waals surface area (Å²) in [6.45, 7) is 3.24. The van der Waals surface area contributed by atoms with Crippen LogP contribution in [0.1, 0.15) is 43.1 Å². The van der Waals surface area contributed by atoms with Crippen LogP contribution in [0.3, 0.4) is 0 Å². The van der Waals surface area contributed by atoms with Gasteiger partial charge in [-0.1, -0.05) is 0 Å². The van der Waals surface area contributed by atoms with Gasteiger partial charge in [-0.15, -0.1) is 0 Å². The molecule has 2 aliphatic rings. The highest BCUT2D eigenvalue weighted by molar-refractivity contribution is 5.81. The molecule has 7 heteroatoms. The van der Waals surface area contributed by atoms with E-state index < -0.39 is 11.7 Å². The lowest BCUT2D eigenvalue weighted by molar-refractivity contribution is -0.137. The zero-order chi connectivity index (χ0) is 17.8. The third-order valence-electron chi connectivity index (χ3n) is 5.26. The third-order valence-corrected chi connectivity index (χ3v) is 5.26. The molecule has 134 valence electrons. The van der Waals surface area contributed by atoms with Crippen molar-refractivity contribution < 1.29 is 18.0 Å². The van der Waals surface area contributed by atoms with Crippen molar-refractivity contribution in [1.82, 2.24) is 14.5 Å². The number of likely N-dealkylation sites (tertiary alicyclic amines) is 1. The summed E-state index contributed by atoms with van der Waals surface area (Å²) >= 11 is 0. The normalized spacial score (nSPS) is 19.6. The molecule has 1 aliphatic carbocycles. The number of benzene rings is 1. The smallest absolute Gasteiger partial charge is 0.342 e. The molecule has 0 radical (unpaired) electrons. The van der Waals surface area contributed by atoms with E-state index in [4.69, 9.17) is 0 Å². The average molecular weight is 351 g/mol. The van der Waals surface area contributed by atoms with Crippen molar-refractivity contribution in [2.24, 2.45) is 5.92 Å². The highest BCUT2D eigenvalue weighted by atomic mass is 19.4. The second-order valence-corrected chi connectivity index (χ2v) is 7.06. The maximum absolute atomic E-state index is 12.9. The number of hydrogen-bond acceptors (Lipinski definition) is 2. The van der Waals surface area contributed by atoms with E-state index in [1.807, 2.05) is 16.4 Å². The van der Waals surface area contributed by atoms with Crippen LogP contribution >= 0.6 is 0 Å². The Morgan fingerprint density at radius 3 is 2.44 bits per heavy atom. The number of aromatic nitrogens is 2. The summed E-state index contributed by atoms with van der Waals surface area (Å²) in [5.41, 5.74) is 0.441. The predicted molar refractivity (Wildman–Crippen MR) is 87.0 cm³/mol. The van der Waals surface area contributed by atoms with Gasteiger partial charge in [-0.25, -0.2) is 4.98 Å². The van der Waals surface area contributed by atoms with Crippen molar-refractivity contribution in [2.75, 3.05) is 13.1 Å². The number of nitrogens with zero attached hydrogens (tertiary/aromatic N) is 3. The van der Waals surface area contributed by atoms with E-state index in [2.05, 4.69) is 4.98 Å². The molecule has 2 aromatic rings. The Kier molecular flexibility index (Phi) is 3.77. The maximum atomic E-state index is 12.9. The van der Waals surface area contributed by atoms with Gasteiger partial charge >= 0.3 is 6.18 Å². The van der Waals surface area contributed by atoms with E-state index in [9.17, 15) is 18.0 Å². The second kappa shape index (κ2) is 5.75. The summed E-state index contributed by atoms with van der Waals surface area (Å²) in [5, 5.41) is 0. The van der Waals surface area contributed by atoms with Gasteiger partial charge in [0, 0.05) is 25.0 Å². The number of carbonyl (C=O) groups excluding carboxylic acids is 1. The number of imidazole rings is 1. The van der Waals surface area contributed by atoms with Crippen molar-refractivity contribution in [3.05, 3.63) is 29.6 Å². The van der Waals surface area contributed by atoms with Gasteiger partial charge in [0.25, 0.3) is 0 Å². The molecule has 1 saturated heterocycles. The topological polar surface area (TPSA) is 38.1 Å². The van der Waals surface area contributed by atoms with Crippen LogP contribution in [0.25, 0.3) is 11.0 Å². The van der Waals surface area contributed by atoms with Crippen molar-refractivity contribution in [3.8, 4) is 0 Å². The van der Waals surface area contributed by atoms with Crippen LogP contribution in [0.15, 0.2) is 18.2 Å². The standard InChI is InChI=1S/C18H20F3N3O/c1-11-22-15-10-13(18(19,20)21)4-5-16(15)24(11)14-6-8-23(9-7-14)17(25)12-2-3-12/h4-5,10,12,14H,2-3,6-9H2,1H3. The van der Waals surface area contributed by atoms with E-state index >= 15 is 0 Å². The number of aryl methyl sites for hydroxylation is 1. The number of amides is 1. The number of alkyl halides is 3. The average Bonchev–Trinajstić information content (AvgIpc) is 3.35. The molecule has 1 aliphatic heterocycles. The molecule has 2 fully saturated rings. The van der Waals surface area contributed by atoms with E-state index in [1.165, 1.54) is 6.07 Å². The highest BCUT2D eigenvalue weighted by Gasteiger charge is 2.36. The quantitative estimate of drug-likeness (QED) is 0.822. The largest absolute Gasteiger partial charge is 0.416 e. The van der Waals surface area contributed by atoms with Crippen molar-refractivity contribution >= 4 is 16.9 Å². The Labute approximate surface area is 143 Å². The molecule has 0 atom stereocenters. The van der Waals surface area contributed by atoms with Crippen LogP contribution in [-0.2, 0) is 11.0 Å². The Balaban J connectivity index is 1.57. The predicted octanol–water partition coefficient (Wildman–Crippen LogP) is 3.94. The number of hydrogen-bond donors (Lipinski definition) is 0. The fourth-order valence-electron chi connectivity index (χ4n) is 3.79. The van der Waals surface area contributed by atoms with E-state index in [1.54, 1.807) is 0 Å². The number of halogens is 3. The Bertz CT molecular complexity index is 815. The van der Waals surface area contributed by atoms with Crippen molar-refractivity contribution in [1.29, 1.82) is 0 Å². The SMILES string of the molecule is Cc1nc2cc(C(F)(F)F)ccc2n1C1CCN(C(=O)C2CC2)CC1. The molecule has 0 bridgehead atoms. The summed E-state index contributed by atoms with van der Waals surface area (Å²) in [7, 11) is 0. The number of rotatable bonds is 2. The monoisotopic (exact) mass is 351 g/mol. The minimum atomic E-state index is -4.36. The lowest BCUT2D eigenvalue weighted by Crippen LogP contribution is -2.40. The molecular formula is C18H20F3N3O. The van der Waals surface area contributed by atoms with Crippen molar-refractivity contribution in [2.45, 2.75) is 44.8 Å². The molecule has 1 aromatic heterocycles. The molecule has 4 rings (SSSR count). The number of piperidine rings is 1. The number of carbonyl (C=O) groups is 1. The fourth-order valence-corrected chi connectivity index (χ4v) is 3.79. The number of fused-ring (bicyclic) bond motifs is 1. The summed E-state index contributed by atoms with van der Waals surface area (Å²) < 4.78 is 40.7. The van der Waals surface area contributed by atoms with Gasteiger partial charge < -0.3 is 9.47 Å². The molecular weight excluding hydrogens is 331 g/mol. The summed E-state index contributed by atoms with van der Waals surface area (Å²) in [6, 6.07) is 3.92. The van der Waals surface area contributed by atoms with Gasteiger partial charge in [0.15, 0.2) is 0 Å². The zero-order valence-electron chi connectivity index (χ0n) is 14.0. The molecule has 0 N–H and O–H groups in total. The first-order valence-electron chi connectivity index (χ1n) is 8.69. The highest BCUT2D eigenvalue weighted by Crippen LogP contribution is 2.36. The lowest BCUT2D eigenvalue weighted by atomic mass is 10.0. The molecule has 1 saturated carbocycles. The third kappa shape index (κ3) is 3.00. The van der Waals surface area contributed by atoms with Gasteiger partial charge in [0.05, 0.1) is 16.6 Å². The molecule has 25 heavy (non-hydrogen) atoms. The molecule has 2 heterocycles. The van der Waals surface area contributed by atoms with Crippen LogP contribution in [-0.4, -0.2) is 33.4 Å². The van der Waals surface area contributed by atoms with Gasteiger partial charge in [0.2, 0.25) is 5.91 Å². The molecule has 0 unspecified atom stereocenters. The minimum Gasteiger partial charge on any atom is -0.342 e. The first-order chi connectivity index (χ1) is 11.8. The maximum Gasteiger partial charge on any atom is 0.416 e. The molecule has 1 amide bonds. The van der Waals surface area contributed by atoms with E-state index in [-0.39, 0.29) is 17.9 Å². The Morgan fingerprint density at radius 1 is 1.16 bits per heavy atom. The first-order valence-corrected chi connectivity index (χ1v) is 8.69. The lowest BCUT2D eigenvalue weighted by Gasteiger charge is -2.33. The second-order valence-electron chi connectivity index (χ2n) is 7.06. The van der Waals surface area contributed by atoms with E-state index in [0.29, 0.717) is 18.6 Å². The van der Waals surface area contributed by atoms with Crippen LogP contribution in [0.4, 0.5) is 13.2 Å². The van der Waals surface area contributed by atoms with Gasteiger partial charge in [-0.2, -0.15) is 13.2 Å². The van der Waals surface area contributed by atoms with Crippen LogP contribution < -0.4 is 0 Å². The van der Waals surface area contributed by atoms with Crippen molar-refractivity contribution in [3.63, 3.8) is 0 Å². The molecule has 4 nitrogen and oxygen atoms in total. The van der Waals surface area contributed by atoms with Gasteiger partial charge in [-0.05, 0) is 50.8 Å². The van der Waals surface area contributed by atoms with Crippen LogP contribution in [0.5, 0.6) is 0 Å². The zero-order valence-corrected chi connectivity index (χ0v) is 14.0. The summed E-state index contributed by atoms with van der Waals surface area (Å²) in [4.78, 5) is 18.4.